The molecule has 2 amide bonds. The molecule has 0 aromatic heterocycles. The molecule has 0 saturated heterocycles. The van der Waals surface area contributed by atoms with E-state index in [1.807, 2.05) is 0 Å². The van der Waals surface area contributed by atoms with E-state index in [1.165, 1.54) is 24.3 Å². The Morgan fingerprint density at radius 1 is 1.14 bits per heavy atom. The van der Waals surface area contributed by atoms with Crippen LogP contribution in [0.15, 0.2) is 24.3 Å². The molecule has 0 fully saturated rings. The summed E-state index contributed by atoms with van der Waals surface area (Å²) in [5, 5.41) is 13.6. The van der Waals surface area contributed by atoms with E-state index in [9.17, 15) is 14.4 Å². The molecule has 1 aromatic carbocycles. The monoisotopic (exact) mass is 294 g/mol. The predicted octanol–water partition coefficient (Wildman–Crippen LogP) is 1.85. The van der Waals surface area contributed by atoms with Crippen molar-refractivity contribution in [3.63, 3.8) is 0 Å². The molecule has 1 aromatic rings. The van der Waals surface area contributed by atoms with Gasteiger partial charge < -0.3 is 20.5 Å². The van der Waals surface area contributed by atoms with Crippen LogP contribution in [0.25, 0.3) is 0 Å². The Balaban J connectivity index is 2.43. The van der Waals surface area contributed by atoms with E-state index in [0.717, 1.165) is 0 Å². The summed E-state index contributed by atoms with van der Waals surface area (Å²) in [4.78, 5) is 33.6. The molecule has 7 nitrogen and oxygen atoms in total. The number of amides is 2. The second-order valence-corrected chi connectivity index (χ2v) is 5.29. The number of carboxylic acids is 1. The number of carbonyl (C=O) groups excluding carboxylic acids is 2. The van der Waals surface area contributed by atoms with Gasteiger partial charge in [0.1, 0.15) is 12.1 Å². The van der Waals surface area contributed by atoms with Gasteiger partial charge in [-0.3, -0.25) is 4.79 Å². The highest BCUT2D eigenvalue weighted by molar-refractivity contribution is 5.94. The topological polar surface area (TPSA) is 105 Å². The minimum atomic E-state index is -1.04. The first kappa shape index (κ1) is 16.5. The van der Waals surface area contributed by atoms with Crippen molar-refractivity contribution in [3.05, 3.63) is 29.8 Å². The number of benzene rings is 1. The van der Waals surface area contributed by atoms with Crippen molar-refractivity contribution in [2.24, 2.45) is 0 Å². The molecule has 0 saturated carbocycles. The van der Waals surface area contributed by atoms with Gasteiger partial charge in [0.15, 0.2) is 0 Å². The third kappa shape index (κ3) is 6.42. The van der Waals surface area contributed by atoms with Gasteiger partial charge in [-0.05, 0) is 45.0 Å². The van der Waals surface area contributed by atoms with Crippen LogP contribution in [-0.4, -0.2) is 35.2 Å². The number of alkyl carbamates (subject to hydrolysis) is 1. The third-order valence-corrected chi connectivity index (χ3v) is 2.21. The Kier molecular flexibility index (Phi) is 5.29. The molecular weight excluding hydrogens is 276 g/mol. The molecule has 0 aliphatic heterocycles. The Hall–Kier alpha value is -2.57. The molecule has 3 N–H and O–H groups in total. The van der Waals surface area contributed by atoms with Crippen molar-refractivity contribution >= 4 is 23.7 Å². The smallest absolute Gasteiger partial charge is 0.408 e. The highest BCUT2D eigenvalue weighted by atomic mass is 16.6. The molecule has 0 aliphatic rings. The summed E-state index contributed by atoms with van der Waals surface area (Å²) in [6.45, 7) is 4.92. The molecule has 0 bridgehead atoms. The first-order chi connectivity index (χ1) is 9.67. The number of ether oxygens (including phenoxy) is 1. The van der Waals surface area contributed by atoms with E-state index in [1.54, 1.807) is 20.8 Å². The number of carbonyl (C=O) groups is 3. The van der Waals surface area contributed by atoms with Gasteiger partial charge in [-0.25, -0.2) is 9.59 Å². The lowest BCUT2D eigenvalue weighted by Gasteiger charge is -2.19. The zero-order valence-electron chi connectivity index (χ0n) is 12.1. The van der Waals surface area contributed by atoms with E-state index >= 15 is 0 Å². The van der Waals surface area contributed by atoms with Gasteiger partial charge in [-0.15, -0.1) is 0 Å². The van der Waals surface area contributed by atoms with Crippen molar-refractivity contribution in [1.29, 1.82) is 0 Å². The van der Waals surface area contributed by atoms with Crippen LogP contribution in [0.1, 0.15) is 31.1 Å². The maximum atomic E-state index is 11.6. The van der Waals surface area contributed by atoms with Gasteiger partial charge in [0.25, 0.3) is 0 Å². The summed E-state index contributed by atoms with van der Waals surface area (Å²) in [6.07, 6.45) is -0.682. The van der Waals surface area contributed by atoms with Gasteiger partial charge >= 0.3 is 12.1 Å². The maximum Gasteiger partial charge on any atom is 0.408 e. The second-order valence-electron chi connectivity index (χ2n) is 5.29. The van der Waals surface area contributed by atoms with Crippen LogP contribution in [0, 0.1) is 0 Å². The highest BCUT2D eigenvalue weighted by Crippen LogP contribution is 2.09. The average molecular weight is 294 g/mol. The largest absolute Gasteiger partial charge is 0.478 e. The predicted molar refractivity (Wildman–Crippen MR) is 76.3 cm³/mol. The van der Waals surface area contributed by atoms with Crippen LogP contribution in [0.3, 0.4) is 0 Å². The fourth-order valence-electron chi connectivity index (χ4n) is 1.37. The third-order valence-electron chi connectivity index (χ3n) is 2.21. The molecule has 1 rings (SSSR count). The highest BCUT2D eigenvalue weighted by Gasteiger charge is 2.16. The quantitative estimate of drug-likeness (QED) is 0.786. The average Bonchev–Trinajstić information content (AvgIpc) is 2.35. The molecule has 0 radical (unpaired) electrons. The number of aromatic carboxylic acids is 1. The van der Waals surface area contributed by atoms with Crippen molar-refractivity contribution < 1.29 is 24.2 Å². The van der Waals surface area contributed by atoms with Gasteiger partial charge in [0, 0.05) is 5.69 Å². The van der Waals surface area contributed by atoms with E-state index in [4.69, 9.17) is 9.84 Å². The second kappa shape index (κ2) is 6.74. The molecule has 0 spiro atoms. The lowest BCUT2D eigenvalue weighted by molar-refractivity contribution is -0.115. The van der Waals surface area contributed by atoms with Crippen molar-refractivity contribution in [2.45, 2.75) is 26.4 Å². The van der Waals surface area contributed by atoms with E-state index in [0.29, 0.717) is 5.69 Å². The van der Waals surface area contributed by atoms with Crippen LogP contribution >= 0.6 is 0 Å². The first-order valence-corrected chi connectivity index (χ1v) is 6.27. The van der Waals surface area contributed by atoms with Gasteiger partial charge in [-0.2, -0.15) is 0 Å². The number of nitrogens with one attached hydrogen (secondary N) is 2. The van der Waals surface area contributed by atoms with Crippen LogP contribution in [0.5, 0.6) is 0 Å². The summed E-state index contributed by atoms with van der Waals surface area (Å²) in [7, 11) is 0. The van der Waals surface area contributed by atoms with Crippen LogP contribution < -0.4 is 10.6 Å². The number of carboxylic acid groups (broad SMARTS) is 1. The molecule has 7 heteroatoms. The Bertz CT molecular complexity index is 531. The van der Waals surface area contributed by atoms with E-state index in [-0.39, 0.29) is 12.1 Å². The van der Waals surface area contributed by atoms with Crippen molar-refractivity contribution in [2.75, 3.05) is 11.9 Å². The zero-order chi connectivity index (χ0) is 16.0. The summed E-state index contributed by atoms with van der Waals surface area (Å²) < 4.78 is 4.99. The Morgan fingerprint density at radius 3 is 2.19 bits per heavy atom. The van der Waals surface area contributed by atoms with Gasteiger partial charge in [-0.1, -0.05) is 0 Å². The minimum Gasteiger partial charge on any atom is -0.478 e. The van der Waals surface area contributed by atoms with Crippen LogP contribution in [0.2, 0.25) is 0 Å². The fraction of sp³-hybridized carbons (Fsp3) is 0.357. The van der Waals surface area contributed by atoms with Crippen LogP contribution in [-0.2, 0) is 9.53 Å². The Morgan fingerprint density at radius 2 is 1.71 bits per heavy atom. The van der Waals surface area contributed by atoms with Crippen LogP contribution in [0.4, 0.5) is 10.5 Å². The summed E-state index contributed by atoms with van der Waals surface area (Å²) in [5.41, 5.74) is -0.0661. The normalized spacial score (nSPS) is 10.6. The standard InChI is InChI=1S/C14H18N2O5/c1-14(2,3)21-13(20)15-8-11(17)16-10-6-4-9(5-7-10)12(18)19/h4-7H,8H2,1-3H3,(H,15,20)(H,16,17)(H,18,19). The summed E-state index contributed by atoms with van der Waals surface area (Å²) >= 11 is 0. The molecule has 114 valence electrons. The van der Waals surface area contributed by atoms with Gasteiger partial charge in [0.05, 0.1) is 5.56 Å². The molecular formula is C14H18N2O5. The minimum absolute atomic E-state index is 0.125. The molecule has 0 atom stereocenters. The fourth-order valence-corrected chi connectivity index (χ4v) is 1.37. The molecule has 0 unspecified atom stereocenters. The molecule has 21 heavy (non-hydrogen) atoms. The number of anilines is 1. The number of hydrogen-bond donors (Lipinski definition) is 3. The van der Waals surface area contributed by atoms with Crippen molar-refractivity contribution in [3.8, 4) is 0 Å². The summed E-state index contributed by atoms with van der Waals surface area (Å²) in [5.74, 6) is -1.48. The van der Waals surface area contributed by atoms with E-state index in [2.05, 4.69) is 10.6 Å². The maximum absolute atomic E-state index is 11.6. The SMILES string of the molecule is CC(C)(C)OC(=O)NCC(=O)Nc1ccc(C(=O)O)cc1. The zero-order valence-corrected chi connectivity index (χ0v) is 12.1. The molecule has 0 aliphatic carbocycles. The van der Waals surface area contributed by atoms with Gasteiger partial charge in [0.2, 0.25) is 5.91 Å². The summed E-state index contributed by atoms with van der Waals surface area (Å²) in [6, 6.07) is 5.68. The Labute approximate surface area is 122 Å². The number of hydrogen-bond acceptors (Lipinski definition) is 4. The first-order valence-electron chi connectivity index (χ1n) is 6.27. The lowest BCUT2D eigenvalue weighted by atomic mass is 10.2. The number of rotatable bonds is 4. The van der Waals surface area contributed by atoms with E-state index < -0.39 is 23.6 Å². The molecule has 0 heterocycles. The lowest BCUT2D eigenvalue weighted by Crippen LogP contribution is -2.37. The van der Waals surface area contributed by atoms with Crippen molar-refractivity contribution in [1.82, 2.24) is 5.32 Å².